The summed E-state index contributed by atoms with van der Waals surface area (Å²) in [5.41, 5.74) is 2.78. The molecule has 1 aromatic heterocycles. The number of benzene rings is 1. The molecule has 2 aromatic rings. The molecule has 0 fully saturated rings. The summed E-state index contributed by atoms with van der Waals surface area (Å²) in [5.74, 6) is 0.911. The van der Waals surface area contributed by atoms with E-state index in [0.717, 1.165) is 5.75 Å². The molecule has 21 heavy (non-hydrogen) atoms. The van der Waals surface area contributed by atoms with Gasteiger partial charge in [0.25, 0.3) is 0 Å². The third kappa shape index (κ3) is 3.28. The van der Waals surface area contributed by atoms with Crippen LogP contribution in [0, 0.1) is 0 Å². The zero-order chi connectivity index (χ0) is 14.8. The highest BCUT2D eigenvalue weighted by molar-refractivity contribution is 8.01. The smallest absolute Gasteiger partial charge is 0.118 e. The summed E-state index contributed by atoms with van der Waals surface area (Å²) >= 11 is 3.88. The van der Waals surface area contributed by atoms with Gasteiger partial charge in [-0.25, -0.2) is 0 Å². The molecule has 0 aliphatic carbocycles. The predicted molar refractivity (Wildman–Crippen MR) is 91.5 cm³/mol. The van der Waals surface area contributed by atoms with E-state index in [4.69, 9.17) is 4.74 Å². The van der Waals surface area contributed by atoms with Gasteiger partial charge < -0.3 is 10.1 Å². The van der Waals surface area contributed by atoms with Crippen LogP contribution in [-0.4, -0.2) is 12.4 Å². The van der Waals surface area contributed by atoms with Crippen molar-refractivity contribution in [1.29, 1.82) is 0 Å². The summed E-state index contributed by atoms with van der Waals surface area (Å²) in [5, 5.41) is 6.69. The van der Waals surface area contributed by atoms with E-state index in [1.54, 1.807) is 7.11 Å². The summed E-state index contributed by atoms with van der Waals surface area (Å²) in [6.07, 6.45) is 1.19. The standard InChI is InChI=1S/C17H21NOS2/c1-11-10-16(15-8-9-20-17(15)21-11)18-12(2)13-4-6-14(19-3)7-5-13/h4-9,11-12,16,18H,10H2,1-3H3/t11-,12?,16?/m0/s1. The van der Waals surface area contributed by atoms with Crippen LogP contribution in [0.25, 0.3) is 0 Å². The lowest BCUT2D eigenvalue weighted by Crippen LogP contribution is -2.28. The number of thioether (sulfide) groups is 1. The van der Waals surface area contributed by atoms with Crippen LogP contribution in [0.4, 0.5) is 0 Å². The zero-order valence-corrected chi connectivity index (χ0v) is 14.3. The van der Waals surface area contributed by atoms with Crippen LogP contribution >= 0.6 is 23.1 Å². The van der Waals surface area contributed by atoms with Crippen molar-refractivity contribution in [2.45, 2.75) is 41.8 Å². The van der Waals surface area contributed by atoms with Gasteiger partial charge in [0.05, 0.1) is 11.3 Å². The molecule has 0 amide bonds. The van der Waals surface area contributed by atoms with Crippen molar-refractivity contribution in [2.75, 3.05) is 7.11 Å². The molecule has 3 rings (SSSR count). The lowest BCUT2D eigenvalue weighted by molar-refractivity contribution is 0.413. The van der Waals surface area contributed by atoms with E-state index in [1.807, 2.05) is 35.2 Å². The maximum Gasteiger partial charge on any atom is 0.118 e. The Balaban J connectivity index is 1.74. The van der Waals surface area contributed by atoms with E-state index in [1.165, 1.54) is 21.8 Å². The summed E-state index contributed by atoms with van der Waals surface area (Å²) in [6, 6.07) is 11.4. The summed E-state index contributed by atoms with van der Waals surface area (Å²) in [6.45, 7) is 4.56. The minimum absolute atomic E-state index is 0.337. The molecule has 4 heteroatoms. The average Bonchev–Trinajstić information content (AvgIpc) is 2.95. The maximum atomic E-state index is 5.23. The Hall–Kier alpha value is -0.970. The molecular weight excluding hydrogens is 298 g/mol. The minimum Gasteiger partial charge on any atom is -0.497 e. The zero-order valence-electron chi connectivity index (χ0n) is 12.6. The average molecular weight is 319 g/mol. The molecular formula is C17H21NOS2. The van der Waals surface area contributed by atoms with Gasteiger partial charge in [0.2, 0.25) is 0 Å². The maximum absolute atomic E-state index is 5.23. The second-order valence-corrected chi connectivity index (χ2v) is 8.16. The van der Waals surface area contributed by atoms with Gasteiger partial charge in [0.1, 0.15) is 5.75 Å². The molecule has 2 heterocycles. The van der Waals surface area contributed by atoms with Gasteiger partial charge in [-0.2, -0.15) is 0 Å². The molecule has 112 valence electrons. The predicted octanol–water partition coefficient (Wildman–Crippen LogP) is 5.03. The van der Waals surface area contributed by atoms with Crippen LogP contribution in [0.15, 0.2) is 39.9 Å². The van der Waals surface area contributed by atoms with Gasteiger partial charge in [0, 0.05) is 17.3 Å². The van der Waals surface area contributed by atoms with Crippen LogP contribution in [-0.2, 0) is 0 Å². The van der Waals surface area contributed by atoms with Crippen LogP contribution < -0.4 is 10.1 Å². The molecule has 1 aromatic carbocycles. The normalized spacial score (nSPS) is 22.6. The van der Waals surface area contributed by atoms with Crippen LogP contribution in [0.5, 0.6) is 5.75 Å². The number of methoxy groups -OCH3 is 1. The molecule has 0 bridgehead atoms. The second kappa shape index (κ2) is 6.42. The molecule has 1 N–H and O–H groups in total. The first-order valence-electron chi connectivity index (χ1n) is 7.31. The fraction of sp³-hybridized carbons (Fsp3) is 0.412. The molecule has 1 aliphatic heterocycles. The molecule has 0 saturated carbocycles. The number of fused-ring (bicyclic) bond motifs is 1. The molecule has 0 spiro atoms. The number of nitrogens with one attached hydrogen (secondary N) is 1. The molecule has 0 saturated heterocycles. The number of thiophene rings is 1. The van der Waals surface area contributed by atoms with Crippen LogP contribution in [0.3, 0.4) is 0 Å². The van der Waals surface area contributed by atoms with Gasteiger partial charge in [-0.3, -0.25) is 0 Å². The van der Waals surface area contributed by atoms with E-state index < -0.39 is 0 Å². The Labute approximate surface area is 134 Å². The third-order valence-electron chi connectivity index (χ3n) is 3.98. The highest BCUT2D eigenvalue weighted by Crippen LogP contribution is 2.44. The number of hydrogen-bond acceptors (Lipinski definition) is 4. The van der Waals surface area contributed by atoms with Crippen molar-refractivity contribution < 1.29 is 4.74 Å². The Morgan fingerprint density at radius 1 is 1.24 bits per heavy atom. The van der Waals surface area contributed by atoms with Crippen molar-refractivity contribution >= 4 is 23.1 Å². The fourth-order valence-corrected chi connectivity index (χ4v) is 5.36. The summed E-state index contributed by atoms with van der Waals surface area (Å²) < 4.78 is 6.71. The lowest BCUT2D eigenvalue weighted by atomic mass is 10.0. The first-order valence-corrected chi connectivity index (χ1v) is 9.07. The number of hydrogen-bond donors (Lipinski definition) is 1. The van der Waals surface area contributed by atoms with Gasteiger partial charge in [0.15, 0.2) is 0 Å². The minimum atomic E-state index is 0.337. The first-order chi connectivity index (χ1) is 10.2. The molecule has 2 nitrogen and oxygen atoms in total. The molecule has 1 aliphatic rings. The van der Waals surface area contributed by atoms with Crippen molar-refractivity contribution in [2.24, 2.45) is 0 Å². The number of ether oxygens (including phenoxy) is 1. The van der Waals surface area contributed by atoms with E-state index >= 15 is 0 Å². The van der Waals surface area contributed by atoms with Crippen molar-refractivity contribution in [3.8, 4) is 5.75 Å². The third-order valence-corrected chi connectivity index (χ3v) is 6.32. The quantitative estimate of drug-likeness (QED) is 0.853. The van der Waals surface area contributed by atoms with E-state index in [9.17, 15) is 0 Å². The molecule has 3 atom stereocenters. The Bertz CT molecular complexity index is 593. The van der Waals surface area contributed by atoms with Gasteiger partial charge in [-0.05, 0) is 48.1 Å². The summed E-state index contributed by atoms with van der Waals surface area (Å²) in [4.78, 5) is 0. The summed E-state index contributed by atoms with van der Waals surface area (Å²) in [7, 11) is 1.70. The van der Waals surface area contributed by atoms with E-state index in [-0.39, 0.29) is 0 Å². The monoisotopic (exact) mass is 319 g/mol. The van der Waals surface area contributed by atoms with E-state index in [0.29, 0.717) is 17.3 Å². The Kier molecular flexibility index (Phi) is 4.57. The fourth-order valence-electron chi connectivity index (χ4n) is 2.80. The Morgan fingerprint density at radius 3 is 2.71 bits per heavy atom. The van der Waals surface area contributed by atoms with E-state index in [2.05, 4.69) is 42.7 Å². The highest BCUT2D eigenvalue weighted by atomic mass is 32.2. The van der Waals surface area contributed by atoms with Crippen LogP contribution in [0.2, 0.25) is 0 Å². The topological polar surface area (TPSA) is 21.3 Å². The van der Waals surface area contributed by atoms with Crippen molar-refractivity contribution in [3.63, 3.8) is 0 Å². The van der Waals surface area contributed by atoms with Crippen LogP contribution in [0.1, 0.15) is 43.5 Å². The Morgan fingerprint density at radius 2 is 2.00 bits per heavy atom. The SMILES string of the molecule is COc1ccc(C(C)NC2C[C@H](C)Sc3sccc32)cc1. The van der Waals surface area contributed by atoms with Gasteiger partial charge in [-0.1, -0.05) is 19.1 Å². The molecule has 0 radical (unpaired) electrons. The van der Waals surface area contributed by atoms with Crippen molar-refractivity contribution in [1.82, 2.24) is 5.32 Å². The second-order valence-electron chi connectivity index (χ2n) is 5.54. The van der Waals surface area contributed by atoms with Gasteiger partial charge >= 0.3 is 0 Å². The molecule has 2 unspecified atom stereocenters. The number of rotatable bonds is 4. The highest BCUT2D eigenvalue weighted by Gasteiger charge is 2.27. The lowest BCUT2D eigenvalue weighted by Gasteiger charge is -2.30. The first kappa shape index (κ1) is 14.9. The van der Waals surface area contributed by atoms with Gasteiger partial charge in [-0.15, -0.1) is 23.1 Å². The largest absolute Gasteiger partial charge is 0.497 e. The van der Waals surface area contributed by atoms with Crippen molar-refractivity contribution in [3.05, 3.63) is 46.8 Å².